The standard InChI is InChI=1S/C20H22O/c1-2-3-4-5-6-9-15-12-13-17-16-10-7-8-11-18(16)20(21)19(17)14-15/h7-8,10-14H,2-6,9H2,1H3. The third-order valence-corrected chi connectivity index (χ3v) is 4.36. The predicted molar refractivity (Wildman–Crippen MR) is 87.8 cm³/mol. The number of fused-ring (bicyclic) bond motifs is 3. The zero-order chi connectivity index (χ0) is 14.7. The first-order valence-electron chi connectivity index (χ1n) is 8.08. The number of rotatable bonds is 6. The van der Waals surface area contributed by atoms with Gasteiger partial charge in [-0.1, -0.05) is 69.0 Å². The van der Waals surface area contributed by atoms with Gasteiger partial charge >= 0.3 is 0 Å². The zero-order valence-electron chi connectivity index (χ0n) is 12.7. The van der Waals surface area contributed by atoms with E-state index in [0.717, 1.165) is 28.7 Å². The van der Waals surface area contributed by atoms with Gasteiger partial charge in [-0.3, -0.25) is 4.79 Å². The Morgan fingerprint density at radius 3 is 2.29 bits per heavy atom. The number of unbranched alkanes of at least 4 members (excludes halogenated alkanes) is 4. The van der Waals surface area contributed by atoms with E-state index >= 15 is 0 Å². The molecule has 0 radical (unpaired) electrons. The molecule has 0 unspecified atom stereocenters. The molecule has 108 valence electrons. The molecule has 0 saturated carbocycles. The Kier molecular flexibility index (Phi) is 4.19. The van der Waals surface area contributed by atoms with Gasteiger partial charge in [-0.25, -0.2) is 0 Å². The molecule has 0 fully saturated rings. The molecule has 0 saturated heterocycles. The summed E-state index contributed by atoms with van der Waals surface area (Å²) in [6.45, 7) is 2.24. The van der Waals surface area contributed by atoms with Crippen molar-refractivity contribution < 1.29 is 4.79 Å². The summed E-state index contributed by atoms with van der Waals surface area (Å²) >= 11 is 0. The fourth-order valence-corrected chi connectivity index (χ4v) is 3.16. The van der Waals surface area contributed by atoms with Crippen LogP contribution in [0.1, 0.15) is 60.5 Å². The number of hydrogen-bond acceptors (Lipinski definition) is 1. The van der Waals surface area contributed by atoms with E-state index in [0.29, 0.717) is 0 Å². The van der Waals surface area contributed by atoms with Crippen molar-refractivity contribution in [1.82, 2.24) is 0 Å². The molecule has 1 aliphatic rings. The van der Waals surface area contributed by atoms with Crippen LogP contribution in [0.2, 0.25) is 0 Å². The highest BCUT2D eigenvalue weighted by molar-refractivity contribution is 6.21. The second-order valence-electron chi connectivity index (χ2n) is 5.92. The van der Waals surface area contributed by atoms with Crippen molar-refractivity contribution in [3.63, 3.8) is 0 Å². The first-order chi connectivity index (χ1) is 10.3. The molecular formula is C20H22O. The van der Waals surface area contributed by atoms with Crippen LogP contribution in [0, 0.1) is 0 Å². The largest absolute Gasteiger partial charge is 0.289 e. The van der Waals surface area contributed by atoms with E-state index in [1.54, 1.807) is 0 Å². The van der Waals surface area contributed by atoms with E-state index in [2.05, 4.69) is 25.1 Å². The molecule has 2 aromatic carbocycles. The second-order valence-corrected chi connectivity index (χ2v) is 5.92. The van der Waals surface area contributed by atoms with Crippen LogP contribution >= 0.6 is 0 Å². The number of carbonyl (C=O) groups excluding carboxylic acids is 1. The van der Waals surface area contributed by atoms with Gasteiger partial charge in [0.2, 0.25) is 0 Å². The maximum absolute atomic E-state index is 12.5. The molecule has 0 aromatic heterocycles. The smallest absolute Gasteiger partial charge is 0.194 e. The van der Waals surface area contributed by atoms with Crippen LogP contribution in [0.3, 0.4) is 0 Å². The van der Waals surface area contributed by atoms with Gasteiger partial charge < -0.3 is 0 Å². The lowest BCUT2D eigenvalue weighted by Gasteiger charge is -2.05. The molecule has 0 heterocycles. The molecule has 0 spiro atoms. The fourth-order valence-electron chi connectivity index (χ4n) is 3.16. The second kappa shape index (κ2) is 6.26. The molecule has 1 aliphatic carbocycles. The number of ketones is 1. The van der Waals surface area contributed by atoms with Gasteiger partial charge in [-0.05, 0) is 35.6 Å². The van der Waals surface area contributed by atoms with Gasteiger partial charge in [-0.2, -0.15) is 0 Å². The van der Waals surface area contributed by atoms with Crippen LogP contribution in [-0.4, -0.2) is 5.78 Å². The Bertz CT molecular complexity index is 655. The van der Waals surface area contributed by atoms with Crippen molar-refractivity contribution in [2.24, 2.45) is 0 Å². The van der Waals surface area contributed by atoms with Crippen LogP contribution < -0.4 is 0 Å². The third kappa shape index (κ3) is 2.78. The van der Waals surface area contributed by atoms with Crippen LogP contribution in [0.4, 0.5) is 0 Å². The number of hydrogen-bond donors (Lipinski definition) is 0. The van der Waals surface area contributed by atoms with Crippen molar-refractivity contribution in [2.75, 3.05) is 0 Å². The molecule has 2 aromatic rings. The molecule has 0 atom stereocenters. The van der Waals surface area contributed by atoms with Crippen molar-refractivity contribution >= 4 is 5.78 Å². The Labute approximate surface area is 127 Å². The lowest BCUT2D eigenvalue weighted by Crippen LogP contribution is -1.96. The van der Waals surface area contributed by atoms with E-state index in [-0.39, 0.29) is 5.78 Å². The highest BCUT2D eigenvalue weighted by Gasteiger charge is 2.25. The molecule has 0 aliphatic heterocycles. The minimum Gasteiger partial charge on any atom is -0.289 e. The number of benzene rings is 2. The van der Waals surface area contributed by atoms with Crippen molar-refractivity contribution in [1.29, 1.82) is 0 Å². The predicted octanol–water partition coefficient (Wildman–Crippen LogP) is 5.41. The van der Waals surface area contributed by atoms with Gasteiger partial charge in [0.05, 0.1) is 0 Å². The fraction of sp³-hybridized carbons (Fsp3) is 0.350. The molecule has 3 rings (SSSR count). The lowest BCUT2D eigenvalue weighted by atomic mass is 10.00. The monoisotopic (exact) mass is 278 g/mol. The van der Waals surface area contributed by atoms with Crippen molar-refractivity contribution in [2.45, 2.75) is 45.4 Å². The maximum Gasteiger partial charge on any atom is 0.194 e. The van der Waals surface area contributed by atoms with Gasteiger partial charge in [0.1, 0.15) is 0 Å². The summed E-state index contributed by atoms with van der Waals surface area (Å²) in [5.74, 6) is 0.188. The first-order valence-corrected chi connectivity index (χ1v) is 8.08. The summed E-state index contributed by atoms with van der Waals surface area (Å²) in [6, 6.07) is 14.3. The highest BCUT2D eigenvalue weighted by atomic mass is 16.1. The van der Waals surface area contributed by atoms with Gasteiger partial charge in [-0.15, -0.1) is 0 Å². The van der Waals surface area contributed by atoms with Crippen LogP contribution in [0.5, 0.6) is 0 Å². The summed E-state index contributed by atoms with van der Waals surface area (Å²) in [7, 11) is 0. The van der Waals surface area contributed by atoms with Crippen molar-refractivity contribution in [3.8, 4) is 11.1 Å². The summed E-state index contributed by atoms with van der Waals surface area (Å²) in [6.07, 6.45) is 7.54. The average molecular weight is 278 g/mol. The van der Waals surface area contributed by atoms with E-state index in [4.69, 9.17) is 0 Å². The third-order valence-electron chi connectivity index (χ3n) is 4.36. The summed E-state index contributed by atoms with van der Waals surface area (Å²) in [5, 5.41) is 0. The van der Waals surface area contributed by atoms with Crippen LogP contribution in [0.25, 0.3) is 11.1 Å². The van der Waals surface area contributed by atoms with Crippen molar-refractivity contribution in [3.05, 3.63) is 59.2 Å². The molecule has 1 heteroatoms. The number of carbonyl (C=O) groups is 1. The normalized spacial score (nSPS) is 12.3. The van der Waals surface area contributed by atoms with Gasteiger partial charge in [0.15, 0.2) is 5.78 Å². The number of aryl methyl sites for hydroxylation is 1. The minimum atomic E-state index is 0.188. The van der Waals surface area contributed by atoms with E-state index in [1.165, 1.54) is 37.7 Å². The summed E-state index contributed by atoms with van der Waals surface area (Å²) < 4.78 is 0. The first kappa shape index (κ1) is 14.1. The van der Waals surface area contributed by atoms with E-state index < -0.39 is 0 Å². The Hall–Kier alpha value is -1.89. The molecular weight excluding hydrogens is 256 g/mol. The molecule has 1 nitrogen and oxygen atoms in total. The Morgan fingerprint density at radius 1 is 0.762 bits per heavy atom. The van der Waals surface area contributed by atoms with Gasteiger partial charge in [0.25, 0.3) is 0 Å². The molecule has 0 N–H and O–H groups in total. The summed E-state index contributed by atoms with van der Waals surface area (Å²) in [4.78, 5) is 12.5. The molecule has 0 bridgehead atoms. The Balaban J connectivity index is 1.73. The SMILES string of the molecule is CCCCCCCc1ccc2c(c1)C(=O)c1ccccc1-2. The lowest BCUT2D eigenvalue weighted by molar-refractivity contribution is 0.104. The topological polar surface area (TPSA) is 17.1 Å². The van der Waals surface area contributed by atoms with Gasteiger partial charge in [0, 0.05) is 11.1 Å². The molecule has 0 amide bonds. The zero-order valence-corrected chi connectivity index (χ0v) is 12.7. The van der Waals surface area contributed by atoms with Crippen LogP contribution in [0.15, 0.2) is 42.5 Å². The van der Waals surface area contributed by atoms with E-state index in [9.17, 15) is 4.79 Å². The average Bonchev–Trinajstić information content (AvgIpc) is 2.81. The van der Waals surface area contributed by atoms with Crippen LogP contribution in [-0.2, 0) is 6.42 Å². The molecule has 21 heavy (non-hydrogen) atoms. The summed E-state index contributed by atoms with van der Waals surface area (Å²) in [5.41, 5.74) is 5.23. The Morgan fingerprint density at radius 2 is 1.48 bits per heavy atom. The highest BCUT2D eigenvalue weighted by Crippen LogP contribution is 2.36. The van der Waals surface area contributed by atoms with E-state index in [1.807, 2.05) is 24.3 Å². The quantitative estimate of drug-likeness (QED) is 0.551. The minimum absolute atomic E-state index is 0.188. The maximum atomic E-state index is 12.5.